The lowest BCUT2D eigenvalue weighted by Crippen LogP contribution is -2.46. The number of esters is 1. The molecular formula is C21H22N2O4. The molecule has 1 aliphatic heterocycles. The number of hydrogen-bond acceptors (Lipinski definition) is 4. The lowest BCUT2D eigenvalue weighted by Gasteiger charge is -2.32. The molecule has 0 radical (unpaired) electrons. The molecule has 2 aromatic carbocycles. The van der Waals surface area contributed by atoms with Crippen LogP contribution in [0.15, 0.2) is 54.6 Å². The number of carbonyl (C=O) groups is 3. The van der Waals surface area contributed by atoms with Crippen molar-refractivity contribution < 1.29 is 19.1 Å². The van der Waals surface area contributed by atoms with Crippen LogP contribution in [0.3, 0.4) is 0 Å². The molecule has 27 heavy (non-hydrogen) atoms. The minimum absolute atomic E-state index is 0.0501. The third-order valence-corrected chi connectivity index (χ3v) is 4.50. The molecule has 1 saturated heterocycles. The van der Waals surface area contributed by atoms with Gasteiger partial charge in [0.25, 0.3) is 11.8 Å². The Labute approximate surface area is 158 Å². The van der Waals surface area contributed by atoms with E-state index < -0.39 is 5.97 Å². The summed E-state index contributed by atoms with van der Waals surface area (Å²) in [6.07, 6.45) is 1.40. The van der Waals surface area contributed by atoms with Gasteiger partial charge in [0.05, 0.1) is 0 Å². The molecule has 0 bridgehead atoms. The summed E-state index contributed by atoms with van der Waals surface area (Å²) < 4.78 is 5.04. The zero-order valence-electron chi connectivity index (χ0n) is 15.2. The van der Waals surface area contributed by atoms with Crippen molar-refractivity contribution >= 4 is 17.8 Å². The minimum Gasteiger partial charge on any atom is -0.427 e. The molecule has 6 heteroatoms. The van der Waals surface area contributed by atoms with E-state index in [2.05, 4.69) is 5.32 Å². The number of likely N-dealkylation sites (tertiary alicyclic amines) is 1. The second-order valence-corrected chi connectivity index (χ2v) is 6.53. The Morgan fingerprint density at radius 2 is 1.63 bits per heavy atom. The molecule has 2 aromatic rings. The number of rotatable bonds is 4. The quantitative estimate of drug-likeness (QED) is 0.667. The van der Waals surface area contributed by atoms with Crippen LogP contribution in [0.5, 0.6) is 5.75 Å². The number of ether oxygens (including phenoxy) is 1. The van der Waals surface area contributed by atoms with Crippen LogP contribution in [0.2, 0.25) is 0 Å². The Hall–Kier alpha value is -3.15. The standard InChI is InChI=1S/C21H22N2O4/c1-15(24)27-19-9-5-8-17(14-19)21(26)23-12-10-18(11-13-23)22-20(25)16-6-3-2-4-7-16/h2-9,14,18H,10-13H2,1H3,(H,22,25). The normalized spacial score (nSPS) is 14.5. The van der Waals surface area contributed by atoms with Crippen molar-refractivity contribution in [3.63, 3.8) is 0 Å². The topological polar surface area (TPSA) is 75.7 Å². The summed E-state index contributed by atoms with van der Waals surface area (Å²) in [6.45, 7) is 2.45. The molecule has 0 saturated carbocycles. The van der Waals surface area contributed by atoms with Gasteiger partial charge in [-0.1, -0.05) is 24.3 Å². The van der Waals surface area contributed by atoms with Crippen LogP contribution in [-0.4, -0.2) is 41.8 Å². The van der Waals surface area contributed by atoms with Crippen LogP contribution in [0.4, 0.5) is 0 Å². The first-order chi connectivity index (χ1) is 13.0. The molecule has 0 aromatic heterocycles. The van der Waals surface area contributed by atoms with Crippen molar-refractivity contribution in [1.29, 1.82) is 0 Å². The highest BCUT2D eigenvalue weighted by Gasteiger charge is 2.25. The van der Waals surface area contributed by atoms with Gasteiger partial charge in [0.2, 0.25) is 0 Å². The molecule has 1 heterocycles. The van der Waals surface area contributed by atoms with Gasteiger partial charge in [0.1, 0.15) is 5.75 Å². The minimum atomic E-state index is -0.422. The largest absolute Gasteiger partial charge is 0.427 e. The predicted octanol–water partition coefficient (Wildman–Crippen LogP) is 2.65. The van der Waals surface area contributed by atoms with E-state index in [1.165, 1.54) is 6.92 Å². The number of nitrogens with one attached hydrogen (secondary N) is 1. The molecule has 3 rings (SSSR count). The van der Waals surface area contributed by atoms with Crippen molar-refractivity contribution in [3.05, 3.63) is 65.7 Å². The molecule has 140 valence electrons. The van der Waals surface area contributed by atoms with E-state index in [0.29, 0.717) is 42.8 Å². The molecule has 0 unspecified atom stereocenters. The van der Waals surface area contributed by atoms with Crippen molar-refractivity contribution in [3.8, 4) is 5.75 Å². The Morgan fingerprint density at radius 1 is 0.963 bits per heavy atom. The highest BCUT2D eigenvalue weighted by molar-refractivity contribution is 5.95. The van der Waals surface area contributed by atoms with Crippen LogP contribution in [0, 0.1) is 0 Å². The fourth-order valence-corrected chi connectivity index (χ4v) is 3.13. The SMILES string of the molecule is CC(=O)Oc1cccc(C(=O)N2CCC(NC(=O)c3ccccc3)CC2)c1. The van der Waals surface area contributed by atoms with Crippen LogP contribution < -0.4 is 10.1 Å². The molecule has 1 N–H and O–H groups in total. The van der Waals surface area contributed by atoms with Gasteiger partial charge in [-0.05, 0) is 43.2 Å². The first-order valence-electron chi connectivity index (χ1n) is 8.96. The van der Waals surface area contributed by atoms with Gasteiger partial charge in [-0.25, -0.2) is 0 Å². The zero-order valence-corrected chi connectivity index (χ0v) is 15.2. The lowest BCUT2D eigenvalue weighted by molar-refractivity contribution is -0.131. The predicted molar refractivity (Wildman–Crippen MR) is 101 cm³/mol. The van der Waals surface area contributed by atoms with E-state index in [-0.39, 0.29) is 17.9 Å². The second kappa shape index (κ2) is 8.49. The number of nitrogens with zero attached hydrogens (tertiary/aromatic N) is 1. The van der Waals surface area contributed by atoms with Gasteiger partial charge in [-0.3, -0.25) is 14.4 Å². The van der Waals surface area contributed by atoms with Crippen molar-refractivity contribution in [2.45, 2.75) is 25.8 Å². The van der Waals surface area contributed by atoms with E-state index in [1.54, 1.807) is 41.3 Å². The van der Waals surface area contributed by atoms with Gasteiger partial charge in [-0.15, -0.1) is 0 Å². The maximum atomic E-state index is 12.7. The van der Waals surface area contributed by atoms with Gasteiger partial charge >= 0.3 is 5.97 Å². The third-order valence-electron chi connectivity index (χ3n) is 4.50. The Bertz CT molecular complexity index is 827. The summed E-state index contributed by atoms with van der Waals surface area (Å²) in [5.74, 6) is -0.251. The number of carbonyl (C=O) groups excluding carboxylic acids is 3. The van der Waals surface area contributed by atoms with Crippen molar-refractivity contribution in [2.24, 2.45) is 0 Å². The first kappa shape index (κ1) is 18.6. The molecule has 1 fully saturated rings. The van der Waals surface area contributed by atoms with Crippen LogP contribution in [-0.2, 0) is 4.79 Å². The van der Waals surface area contributed by atoms with Crippen LogP contribution in [0.1, 0.15) is 40.5 Å². The Kier molecular flexibility index (Phi) is 5.86. The van der Waals surface area contributed by atoms with E-state index in [4.69, 9.17) is 4.74 Å². The van der Waals surface area contributed by atoms with Gasteiger partial charge in [-0.2, -0.15) is 0 Å². The molecular weight excluding hydrogens is 344 g/mol. The molecule has 0 aliphatic carbocycles. The fourth-order valence-electron chi connectivity index (χ4n) is 3.13. The number of hydrogen-bond donors (Lipinski definition) is 1. The molecule has 1 aliphatic rings. The van der Waals surface area contributed by atoms with Crippen LogP contribution >= 0.6 is 0 Å². The summed E-state index contributed by atoms with van der Waals surface area (Å²) in [5.41, 5.74) is 1.12. The lowest BCUT2D eigenvalue weighted by atomic mass is 10.0. The maximum absolute atomic E-state index is 12.7. The van der Waals surface area contributed by atoms with Gasteiger partial charge in [0, 0.05) is 37.2 Å². The molecule has 2 amide bonds. The summed E-state index contributed by atoms with van der Waals surface area (Å²) in [4.78, 5) is 37.8. The third kappa shape index (κ3) is 4.94. The average molecular weight is 366 g/mol. The smallest absolute Gasteiger partial charge is 0.308 e. The molecule has 0 atom stereocenters. The highest BCUT2D eigenvalue weighted by Crippen LogP contribution is 2.18. The van der Waals surface area contributed by atoms with E-state index in [0.717, 1.165) is 0 Å². The molecule has 6 nitrogen and oxygen atoms in total. The monoisotopic (exact) mass is 366 g/mol. The Morgan fingerprint density at radius 3 is 2.30 bits per heavy atom. The first-order valence-corrected chi connectivity index (χ1v) is 8.96. The number of benzene rings is 2. The number of piperidine rings is 1. The maximum Gasteiger partial charge on any atom is 0.308 e. The zero-order chi connectivity index (χ0) is 19.2. The molecule has 0 spiro atoms. The summed E-state index contributed by atoms with van der Waals surface area (Å²) >= 11 is 0. The summed E-state index contributed by atoms with van der Waals surface area (Å²) in [6, 6.07) is 15.8. The fraction of sp³-hybridized carbons (Fsp3) is 0.286. The van der Waals surface area contributed by atoms with E-state index in [1.807, 2.05) is 18.2 Å². The average Bonchev–Trinajstić information content (AvgIpc) is 2.68. The van der Waals surface area contributed by atoms with Crippen molar-refractivity contribution in [1.82, 2.24) is 10.2 Å². The van der Waals surface area contributed by atoms with Gasteiger partial charge < -0.3 is 15.0 Å². The highest BCUT2D eigenvalue weighted by atomic mass is 16.5. The van der Waals surface area contributed by atoms with E-state index >= 15 is 0 Å². The second-order valence-electron chi connectivity index (χ2n) is 6.53. The number of amides is 2. The van der Waals surface area contributed by atoms with Crippen LogP contribution in [0.25, 0.3) is 0 Å². The van der Waals surface area contributed by atoms with Gasteiger partial charge in [0.15, 0.2) is 0 Å². The van der Waals surface area contributed by atoms with Crippen molar-refractivity contribution in [2.75, 3.05) is 13.1 Å². The summed E-state index contributed by atoms with van der Waals surface area (Å²) in [5, 5.41) is 3.03. The summed E-state index contributed by atoms with van der Waals surface area (Å²) in [7, 11) is 0. The Balaban J connectivity index is 1.55. The van der Waals surface area contributed by atoms with E-state index in [9.17, 15) is 14.4 Å².